The van der Waals surface area contributed by atoms with Crippen molar-refractivity contribution >= 4 is 43.7 Å². The molecule has 3 aromatic rings. The van der Waals surface area contributed by atoms with Crippen LogP contribution in [0.15, 0.2) is 46.7 Å². The largest absolute Gasteiger partial charge is 0.297 e. The maximum atomic E-state index is 13.0. The number of thiophene rings is 1. The van der Waals surface area contributed by atoms with Crippen LogP contribution in [0.4, 0.5) is 5.13 Å². The van der Waals surface area contributed by atoms with E-state index >= 15 is 0 Å². The van der Waals surface area contributed by atoms with Gasteiger partial charge in [-0.25, -0.2) is 13.4 Å². The number of hydrogen-bond donors (Lipinski definition) is 1. The third-order valence-corrected chi connectivity index (χ3v) is 8.49. The molecule has 0 aliphatic carbocycles. The summed E-state index contributed by atoms with van der Waals surface area (Å²) in [6, 6.07) is 10.7. The number of nitrogens with one attached hydrogen (secondary N) is 1. The van der Waals surface area contributed by atoms with E-state index in [1.807, 2.05) is 23.6 Å². The predicted octanol–water partition coefficient (Wildman–Crippen LogP) is 4.16. The number of sulfonamides is 1. The van der Waals surface area contributed by atoms with Crippen molar-refractivity contribution in [3.63, 3.8) is 0 Å². The molecule has 0 fully saturated rings. The SMILES string of the molecule is CCCc1ccc(S(=O)(=O)N2CCc3nc(NC(=O)c4cccs4)sc3C2)cc1. The summed E-state index contributed by atoms with van der Waals surface area (Å²) in [7, 11) is -3.56. The molecule has 29 heavy (non-hydrogen) atoms. The van der Waals surface area contributed by atoms with E-state index in [-0.39, 0.29) is 12.5 Å². The molecule has 1 N–H and O–H groups in total. The maximum absolute atomic E-state index is 13.0. The Labute approximate surface area is 178 Å². The highest BCUT2D eigenvalue weighted by Crippen LogP contribution is 2.31. The highest BCUT2D eigenvalue weighted by molar-refractivity contribution is 7.89. The zero-order chi connectivity index (χ0) is 20.4. The molecule has 0 radical (unpaired) electrons. The third-order valence-electron chi connectivity index (χ3n) is 4.76. The molecule has 0 spiro atoms. The van der Waals surface area contributed by atoms with E-state index in [1.54, 1.807) is 18.2 Å². The fourth-order valence-corrected chi connectivity index (χ4v) is 6.39. The Morgan fingerprint density at radius 1 is 1.24 bits per heavy atom. The molecule has 152 valence electrons. The van der Waals surface area contributed by atoms with Crippen molar-refractivity contribution in [2.45, 2.75) is 37.6 Å². The first-order valence-corrected chi connectivity index (χ1v) is 12.5. The molecule has 0 bridgehead atoms. The van der Waals surface area contributed by atoms with Gasteiger partial charge in [-0.1, -0.05) is 31.5 Å². The molecule has 0 saturated heterocycles. The molecule has 4 rings (SSSR count). The molecular formula is C20H21N3O3S3. The Balaban J connectivity index is 1.49. The Morgan fingerprint density at radius 3 is 2.72 bits per heavy atom. The molecule has 0 saturated carbocycles. The lowest BCUT2D eigenvalue weighted by molar-refractivity contribution is 0.103. The number of benzene rings is 1. The number of anilines is 1. The molecule has 2 aromatic heterocycles. The average Bonchev–Trinajstić information content (AvgIpc) is 3.37. The topological polar surface area (TPSA) is 79.4 Å². The Hall–Kier alpha value is -2.07. The molecule has 1 aliphatic rings. The minimum atomic E-state index is -3.56. The van der Waals surface area contributed by atoms with Gasteiger partial charge in [-0.15, -0.1) is 22.7 Å². The zero-order valence-electron chi connectivity index (χ0n) is 15.9. The number of fused-ring (bicyclic) bond motifs is 1. The van der Waals surface area contributed by atoms with Gasteiger partial charge in [-0.05, 0) is 35.6 Å². The molecule has 1 aliphatic heterocycles. The standard InChI is InChI=1S/C20H21N3O3S3/c1-2-4-14-6-8-15(9-7-14)29(25,26)23-11-10-16-18(13-23)28-20(21-16)22-19(24)17-5-3-12-27-17/h3,5-9,12H,2,4,10-11,13H2,1H3,(H,21,22,24). The lowest BCUT2D eigenvalue weighted by atomic mass is 10.1. The summed E-state index contributed by atoms with van der Waals surface area (Å²) in [6.45, 7) is 2.76. The van der Waals surface area contributed by atoms with Gasteiger partial charge in [0.2, 0.25) is 10.0 Å². The summed E-state index contributed by atoms with van der Waals surface area (Å²) >= 11 is 2.71. The van der Waals surface area contributed by atoms with Crippen LogP contribution in [0.25, 0.3) is 0 Å². The van der Waals surface area contributed by atoms with Gasteiger partial charge in [0.1, 0.15) is 0 Å². The Bertz CT molecular complexity index is 1100. The first-order chi connectivity index (χ1) is 14.0. The van der Waals surface area contributed by atoms with Crippen LogP contribution in [0.3, 0.4) is 0 Å². The van der Waals surface area contributed by atoms with Crippen molar-refractivity contribution in [3.05, 3.63) is 62.8 Å². The van der Waals surface area contributed by atoms with Crippen molar-refractivity contribution in [1.82, 2.24) is 9.29 Å². The van der Waals surface area contributed by atoms with Gasteiger partial charge in [0, 0.05) is 17.8 Å². The minimum absolute atomic E-state index is 0.192. The van der Waals surface area contributed by atoms with E-state index in [0.717, 1.165) is 29.0 Å². The number of nitrogens with zero attached hydrogens (tertiary/aromatic N) is 2. The van der Waals surface area contributed by atoms with E-state index in [2.05, 4.69) is 17.2 Å². The van der Waals surface area contributed by atoms with E-state index in [4.69, 9.17) is 0 Å². The Morgan fingerprint density at radius 2 is 2.03 bits per heavy atom. The number of thiazole rings is 1. The second-order valence-corrected chi connectivity index (χ2v) is 10.8. The van der Waals surface area contributed by atoms with Crippen LogP contribution >= 0.6 is 22.7 Å². The Kier molecular flexibility index (Phi) is 5.82. The molecule has 1 amide bonds. The highest BCUT2D eigenvalue weighted by Gasteiger charge is 2.30. The molecule has 3 heterocycles. The molecule has 0 unspecified atom stereocenters. The quantitative estimate of drug-likeness (QED) is 0.615. The van der Waals surface area contributed by atoms with Gasteiger partial charge >= 0.3 is 0 Å². The predicted molar refractivity (Wildman–Crippen MR) is 116 cm³/mol. The summed E-state index contributed by atoms with van der Waals surface area (Å²) in [5.41, 5.74) is 2.00. The second kappa shape index (κ2) is 8.35. The van der Waals surface area contributed by atoms with Crippen molar-refractivity contribution in [2.75, 3.05) is 11.9 Å². The maximum Gasteiger partial charge on any atom is 0.267 e. The fraction of sp³-hybridized carbons (Fsp3) is 0.300. The number of rotatable bonds is 6. The van der Waals surface area contributed by atoms with Gasteiger partial charge in [0.15, 0.2) is 5.13 Å². The van der Waals surface area contributed by atoms with Crippen LogP contribution < -0.4 is 5.32 Å². The van der Waals surface area contributed by atoms with Crippen molar-refractivity contribution in [3.8, 4) is 0 Å². The van der Waals surface area contributed by atoms with Crippen LogP contribution in [0.1, 0.15) is 39.2 Å². The molecule has 0 atom stereocenters. The van der Waals surface area contributed by atoms with Gasteiger partial charge in [-0.3, -0.25) is 10.1 Å². The average molecular weight is 448 g/mol. The van der Waals surface area contributed by atoms with Crippen LogP contribution in [0.2, 0.25) is 0 Å². The number of carbonyl (C=O) groups excluding carboxylic acids is 1. The van der Waals surface area contributed by atoms with Crippen LogP contribution in [0, 0.1) is 0 Å². The first-order valence-electron chi connectivity index (χ1n) is 9.40. The lowest BCUT2D eigenvalue weighted by Gasteiger charge is -2.25. The van der Waals surface area contributed by atoms with Crippen molar-refractivity contribution in [2.24, 2.45) is 0 Å². The molecule has 1 aromatic carbocycles. The molecule has 6 nitrogen and oxygen atoms in total. The molecular weight excluding hydrogens is 426 g/mol. The summed E-state index contributed by atoms with van der Waals surface area (Å²) in [5.74, 6) is -0.192. The third kappa shape index (κ3) is 4.28. The number of amides is 1. The monoisotopic (exact) mass is 447 g/mol. The van der Waals surface area contributed by atoms with Crippen LogP contribution in [-0.4, -0.2) is 30.2 Å². The van der Waals surface area contributed by atoms with Crippen molar-refractivity contribution in [1.29, 1.82) is 0 Å². The fourth-order valence-electron chi connectivity index (χ4n) is 3.26. The van der Waals surface area contributed by atoms with E-state index in [1.165, 1.54) is 27.0 Å². The van der Waals surface area contributed by atoms with E-state index in [0.29, 0.717) is 27.9 Å². The van der Waals surface area contributed by atoms with Gasteiger partial charge in [-0.2, -0.15) is 4.31 Å². The smallest absolute Gasteiger partial charge is 0.267 e. The summed E-state index contributed by atoms with van der Waals surface area (Å²) in [5, 5.41) is 5.17. The van der Waals surface area contributed by atoms with Gasteiger partial charge in [0.05, 0.1) is 22.0 Å². The normalized spacial score (nSPS) is 14.5. The van der Waals surface area contributed by atoms with Crippen LogP contribution in [-0.2, 0) is 29.4 Å². The summed E-state index contributed by atoms with van der Waals surface area (Å²) < 4.78 is 27.6. The summed E-state index contributed by atoms with van der Waals surface area (Å²) in [4.78, 5) is 18.5. The van der Waals surface area contributed by atoms with E-state index < -0.39 is 10.0 Å². The van der Waals surface area contributed by atoms with Crippen LogP contribution in [0.5, 0.6) is 0 Å². The number of hydrogen-bond acceptors (Lipinski definition) is 6. The second-order valence-electron chi connectivity index (χ2n) is 6.80. The number of carbonyl (C=O) groups is 1. The van der Waals surface area contributed by atoms with Crippen molar-refractivity contribution < 1.29 is 13.2 Å². The first kappa shape index (κ1) is 20.2. The van der Waals surface area contributed by atoms with E-state index in [9.17, 15) is 13.2 Å². The number of aryl methyl sites for hydroxylation is 1. The highest BCUT2D eigenvalue weighted by atomic mass is 32.2. The lowest BCUT2D eigenvalue weighted by Crippen LogP contribution is -2.35. The van der Waals surface area contributed by atoms with Gasteiger partial charge < -0.3 is 0 Å². The zero-order valence-corrected chi connectivity index (χ0v) is 18.4. The molecule has 9 heteroatoms. The van der Waals surface area contributed by atoms with Gasteiger partial charge in [0.25, 0.3) is 5.91 Å². The minimum Gasteiger partial charge on any atom is -0.297 e. The summed E-state index contributed by atoms with van der Waals surface area (Å²) in [6.07, 6.45) is 2.50. The number of aromatic nitrogens is 1.